The topological polar surface area (TPSA) is 156 Å². The van der Waals surface area contributed by atoms with Crippen LogP contribution in [-0.4, -0.2) is 53.4 Å². The van der Waals surface area contributed by atoms with E-state index in [2.05, 4.69) is 14.7 Å². The summed E-state index contributed by atoms with van der Waals surface area (Å²) >= 11 is 0. The number of benzene rings is 2. The van der Waals surface area contributed by atoms with Gasteiger partial charge in [-0.25, -0.2) is 32.3 Å². The number of aliphatic hydroxyl groups is 1. The fraction of sp³-hybridized carbons (Fsp3) is 0.190. The van der Waals surface area contributed by atoms with Gasteiger partial charge in [-0.15, -0.1) is 0 Å². The number of halogens is 4. The Balaban J connectivity index is 0.000000540. The lowest BCUT2D eigenvalue weighted by molar-refractivity contribution is -0.192. The highest BCUT2D eigenvalue weighted by Crippen LogP contribution is 2.31. The molecule has 0 unspecified atom stereocenters. The molecule has 1 aromatic heterocycles. The number of anilines is 1. The molecule has 5 N–H and O–H groups in total. The molecule has 0 radical (unpaired) electrons. The van der Waals surface area contributed by atoms with Crippen molar-refractivity contribution in [2.45, 2.75) is 24.0 Å². The molecule has 188 valence electrons. The maximum Gasteiger partial charge on any atom is 0.490 e. The largest absolute Gasteiger partial charge is 0.490 e. The standard InChI is InChI=1S/C19H19FN4O3S.C2HF3O2/c1-12(11-25)24-28(26,27)18-5-3-2-4-16(18)13-6-7-15(17(20)8-13)14-9-22-19(21)23-10-14;3-2(4,5)1(6)7/h2-10,12,24-25H,11H2,1H3,(H2,21,22,23);(H,6,7)/t12-;/m1./s1. The summed E-state index contributed by atoms with van der Waals surface area (Å²) < 4.78 is 74.2. The number of nitrogens with one attached hydrogen (secondary N) is 1. The Hall–Kier alpha value is -3.62. The van der Waals surface area contributed by atoms with E-state index in [0.717, 1.165) is 0 Å². The molecular formula is C21H20F4N4O5S. The highest BCUT2D eigenvalue weighted by molar-refractivity contribution is 7.89. The summed E-state index contributed by atoms with van der Waals surface area (Å²) in [5.41, 5.74) is 6.93. The molecule has 3 rings (SSSR count). The van der Waals surface area contributed by atoms with E-state index in [0.29, 0.717) is 16.7 Å². The number of rotatable bonds is 6. The van der Waals surface area contributed by atoms with Crippen molar-refractivity contribution in [2.75, 3.05) is 12.3 Å². The Bertz CT molecular complexity index is 1290. The summed E-state index contributed by atoms with van der Waals surface area (Å²) in [7, 11) is -3.90. The minimum Gasteiger partial charge on any atom is -0.475 e. The van der Waals surface area contributed by atoms with Crippen molar-refractivity contribution in [1.29, 1.82) is 0 Å². The Kier molecular flexibility index (Phi) is 8.84. The summed E-state index contributed by atoms with van der Waals surface area (Å²) in [6.07, 6.45) is -2.25. The summed E-state index contributed by atoms with van der Waals surface area (Å²) in [6, 6.07) is 10.0. The maximum atomic E-state index is 14.7. The molecule has 35 heavy (non-hydrogen) atoms. The van der Waals surface area contributed by atoms with Gasteiger partial charge in [-0.3, -0.25) is 0 Å². The van der Waals surface area contributed by atoms with Crippen molar-refractivity contribution in [2.24, 2.45) is 0 Å². The number of nitrogens with zero attached hydrogens (tertiary/aromatic N) is 2. The van der Waals surface area contributed by atoms with E-state index in [1.54, 1.807) is 31.2 Å². The highest BCUT2D eigenvalue weighted by Gasteiger charge is 2.38. The molecule has 9 nitrogen and oxygen atoms in total. The third kappa shape index (κ3) is 7.43. The van der Waals surface area contributed by atoms with Crippen LogP contribution in [0.3, 0.4) is 0 Å². The summed E-state index contributed by atoms with van der Waals surface area (Å²) in [4.78, 5) is 16.6. The molecule has 0 aliphatic heterocycles. The van der Waals surface area contributed by atoms with E-state index in [9.17, 15) is 26.0 Å². The Morgan fingerprint density at radius 2 is 1.66 bits per heavy atom. The molecule has 2 aromatic carbocycles. The number of carboxylic acid groups (broad SMARTS) is 1. The van der Waals surface area contributed by atoms with Gasteiger partial charge in [0.2, 0.25) is 16.0 Å². The molecule has 0 aliphatic rings. The predicted octanol–water partition coefficient (Wildman–Crippen LogP) is 2.82. The second-order valence-corrected chi connectivity index (χ2v) is 8.71. The van der Waals surface area contributed by atoms with Gasteiger partial charge in [0.1, 0.15) is 5.82 Å². The number of hydrogen-bond acceptors (Lipinski definition) is 7. The van der Waals surface area contributed by atoms with E-state index in [4.69, 9.17) is 20.7 Å². The van der Waals surface area contributed by atoms with Crippen LogP contribution in [0, 0.1) is 5.82 Å². The van der Waals surface area contributed by atoms with Crippen LogP contribution >= 0.6 is 0 Å². The number of carbonyl (C=O) groups is 1. The molecular weight excluding hydrogens is 496 g/mol. The van der Waals surface area contributed by atoms with Crippen LogP contribution in [-0.2, 0) is 14.8 Å². The number of nitrogen functional groups attached to an aromatic ring is 1. The first-order valence-electron chi connectivity index (χ1n) is 9.66. The molecule has 0 fully saturated rings. The van der Waals surface area contributed by atoms with Crippen LogP contribution in [0.15, 0.2) is 59.8 Å². The van der Waals surface area contributed by atoms with Crippen LogP contribution in [0.2, 0.25) is 0 Å². The zero-order valence-electron chi connectivity index (χ0n) is 18.0. The molecule has 0 aliphatic carbocycles. The van der Waals surface area contributed by atoms with Crippen LogP contribution in [0.5, 0.6) is 0 Å². The van der Waals surface area contributed by atoms with Gasteiger partial charge >= 0.3 is 12.1 Å². The first kappa shape index (κ1) is 27.6. The lowest BCUT2D eigenvalue weighted by Gasteiger charge is -2.15. The molecule has 0 saturated carbocycles. The first-order chi connectivity index (χ1) is 16.3. The monoisotopic (exact) mass is 516 g/mol. The van der Waals surface area contributed by atoms with Gasteiger partial charge in [0.15, 0.2) is 0 Å². The van der Waals surface area contributed by atoms with Crippen LogP contribution in [0.1, 0.15) is 6.92 Å². The number of aromatic nitrogens is 2. The number of carboxylic acids is 1. The molecule has 1 atom stereocenters. The van der Waals surface area contributed by atoms with Crippen LogP contribution in [0.25, 0.3) is 22.3 Å². The Labute approximate surface area is 197 Å². The maximum absolute atomic E-state index is 14.7. The number of aliphatic hydroxyl groups excluding tert-OH is 1. The fourth-order valence-electron chi connectivity index (χ4n) is 2.70. The predicted molar refractivity (Wildman–Crippen MR) is 118 cm³/mol. The third-order valence-corrected chi connectivity index (χ3v) is 5.96. The molecule has 0 spiro atoms. The van der Waals surface area contributed by atoms with Gasteiger partial charge in [-0.2, -0.15) is 13.2 Å². The first-order valence-corrected chi connectivity index (χ1v) is 11.1. The van der Waals surface area contributed by atoms with Gasteiger partial charge in [0.25, 0.3) is 0 Å². The third-order valence-electron chi connectivity index (χ3n) is 4.31. The molecule has 0 amide bonds. The molecule has 1 heterocycles. The van der Waals surface area contributed by atoms with Crippen molar-refractivity contribution in [1.82, 2.24) is 14.7 Å². The van der Waals surface area contributed by atoms with Crippen LogP contribution < -0.4 is 10.5 Å². The number of hydrogen-bond donors (Lipinski definition) is 4. The van der Waals surface area contributed by atoms with Gasteiger partial charge < -0.3 is 15.9 Å². The quantitative estimate of drug-likeness (QED) is 0.365. The van der Waals surface area contributed by atoms with E-state index >= 15 is 0 Å². The summed E-state index contributed by atoms with van der Waals surface area (Å²) in [5.74, 6) is -3.22. The number of nitrogens with two attached hydrogens (primary N) is 1. The lowest BCUT2D eigenvalue weighted by Crippen LogP contribution is -2.35. The SMILES string of the molecule is C[C@H](CO)NS(=O)(=O)c1ccccc1-c1ccc(-c2cnc(N)nc2)c(F)c1.O=C(O)C(F)(F)F. The van der Waals surface area contributed by atoms with E-state index in [-0.39, 0.29) is 23.0 Å². The normalized spacial score (nSPS) is 12.4. The number of alkyl halides is 3. The molecule has 0 saturated heterocycles. The van der Waals surface area contributed by atoms with Crippen molar-refractivity contribution in [3.8, 4) is 22.3 Å². The average Bonchev–Trinajstić information content (AvgIpc) is 2.79. The molecule has 0 bridgehead atoms. The minimum atomic E-state index is -5.08. The van der Waals surface area contributed by atoms with Gasteiger partial charge in [0, 0.05) is 35.1 Å². The van der Waals surface area contributed by atoms with E-state index in [1.165, 1.54) is 30.6 Å². The van der Waals surface area contributed by atoms with Crippen LogP contribution in [0.4, 0.5) is 23.5 Å². The van der Waals surface area contributed by atoms with E-state index < -0.39 is 34.0 Å². The molecule has 14 heteroatoms. The van der Waals surface area contributed by atoms with Crippen molar-refractivity contribution in [3.05, 3.63) is 60.7 Å². The second-order valence-electron chi connectivity index (χ2n) is 7.03. The van der Waals surface area contributed by atoms with Crippen molar-refractivity contribution >= 4 is 21.9 Å². The second kappa shape index (κ2) is 11.2. The number of sulfonamides is 1. The summed E-state index contributed by atoms with van der Waals surface area (Å²) in [5, 5.41) is 16.3. The summed E-state index contributed by atoms with van der Waals surface area (Å²) in [6.45, 7) is 1.21. The number of aliphatic carboxylic acids is 1. The van der Waals surface area contributed by atoms with Crippen molar-refractivity contribution < 1.29 is 41.0 Å². The van der Waals surface area contributed by atoms with E-state index in [1.807, 2.05) is 0 Å². The fourth-order valence-corrected chi connectivity index (χ4v) is 4.16. The van der Waals surface area contributed by atoms with Crippen molar-refractivity contribution in [3.63, 3.8) is 0 Å². The smallest absolute Gasteiger partial charge is 0.475 e. The zero-order chi connectivity index (χ0) is 26.4. The average molecular weight is 516 g/mol. The lowest BCUT2D eigenvalue weighted by atomic mass is 10.0. The Morgan fingerprint density at radius 1 is 1.09 bits per heavy atom. The minimum absolute atomic E-state index is 0.00160. The van der Waals surface area contributed by atoms with Gasteiger partial charge in [0.05, 0.1) is 11.5 Å². The van der Waals surface area contributed by atoms with Gasteiger partial charge in [-0.1, -0.05) is 30.3 Å². The molecule has 3 aromatic rings. The van der Waals surface area contributed by atoms with Gasteiger partial charge in [-0.05, 0) is 24.6 Å². The Morgan fingerprint density at radius 3 is 2.17 bits per heavy atom. The zero-order valence-corrected chi connectivity index (χ0v) is 18.8. The highest BCUT2D eigenvalue weighted by atomic mass is 32.2.